The van der Waals surface area contributed by atoms with Gasteiger partial charge in [-0.25, -0.2) is 0 Å². The van der Waals surface area contributed by atoms with Crippen molar-refractivity contribution < 1.29 is 4.74 Å². The van der Waals surface area contributed by atoms with Crippen molar-refractivity contribution in [2.75, 3.05) is 11.9 Å². The first-order chi connectivity index (χ1) is 8.69. The molecule has 18 heavy (non-hydrogen) atoms. The molecule has 0 spiro atoms. The molecule has 0 atom stereocenters. The molecule has 0 fully saturated rings. The van der Waals surface area contributed by atoms with E-state index in [1.165, 1.54) is 4.88 Å². The Morgan fingerprint density at radius 3 is 2.61 bits per heavy atom. The van der Waals surface area contributed by atoms with Crippen molar-refractivity contribution in [2.24, 2.45) is 0 Å². The lowest BCUT2D eigenvalue weighted by Crippen LogP contribution is -1.97. The highest BCUT2D eigenvalue weighted by atomic mass is 79.9. The molecule has 0 amide bonds. The predicted octanol–water partition coefficient (Wildman–Crippen LogP) is 5.17. The molecular weight excluding hydrogens is 334 g/mol. The van der Waals surface area contributed by atoms with Crippen LogP contribution in [0.1, 0.15) is 11.8 Å². The minimum absolute atomic E-state index is 0.689. The molecular formula is C13H13BrClNOS. The topological polar surface area (TPSA) is 21.3 Å². The van der Waals surface area contributed by atoms with Crippen molar-refractivity contribution in [1.82, 2.24) is 0 Å². The largest absolute Gasteiger partial charge is 0.494 e. The zero-order valence-electron chi connectivity index (χ0n) is 9.87. The molecule has 0 bridgehead atoms. The van der Waals surface area contributed by atoms with E-state index in [2.05, 4.69) is 21.2 Å². The van der Waals surface area contributed by atoms with Crippen LogP contribution in [-0.2, 0) is 6.54 Å². The van der Waals surface area contributed by atoms with Gasteiger partial charge in [0, 0.05) is 21.6 Å². The Hall–Kier alpha value is -0.710. The third-order valence-corrected chi connectivity index (χ3v) is 4.80. The van der Waals surface area contributed by atoms with Gasteiger partial charge in [-0.15, -0.1) is 11.3 Å². The van der Waals surface area contributed by atoms with E-state index in [-0.39, 0.29) is 0 Å². The summed E-state index contributed by atoms with van der Waals surface area (Å²) in [6, 6.07) is 9.98. The summed E-state index contributed by atoms with van der Waals surface area (Å²) in [6.07, 6.45) is 0. The maximum absolute atomic E-state index is 5.99. The number of nitrogens with one attached hydrogen (secondary N) is 1. The summed E-state index contributed by atoms with van der Waals surface area (Å²) in [5, 5.41) is 3.35. The molecule has 0 unspecified atom stereocenters. The zero-order chi connectivity index (χ0) is 13.0. The van der Waals surface area contributed by atoms with Gasteiger partial charge in [-0.1, -0.05) is 11.6 Å². The summed E-state index contributed by atoms with van der Waals surface area (Å²) in [7, 11) is 0. The molecule has 1 aromatic heterocycles. The third-order valence-electron chi connectivity index (χ3n) is 2.33. The Bertz CT molecular complexity index is 493. The Morgan fingerprint density at radius 2 is 2.06 bits per heavy atom. The van der Waals surface area contributed by atoms with E-state index in [9.17, 15) is 0 Å². The average Bonchev–Trinajstić information content (AvgIpc) is 2.68. The minimum atomic E-state index is 0.689. The van der Waals surface area contributed by atoms with Crippen molar-refractivity contribution in [1.29, 1.82) is 0 Å². The predicted molar refractivity (Wildman–Crippen MR) is 82.0 cm³/mol. The molecule has 1 heterocycles. The fourth-order valence-corrected chi connectivity index (χ4v) is 3.23. The maximum atomic E-state index is 5.99. The summed E-state index contributed by atoms with van der Waals surface area (Å²) in [5.41, 5.74) is 1.07. The lowest BCUT2D eigenvalue weighted by atomic mass is 10.3. The van der Waals surface area contributed by atoms with E-state index in [0.29, 0.717) is 6.61 Å². The lowest BCUT2D eigenvalue weighted by molar-refractivity contribution is 0.340. The van der Waals surface area contributed by atoms with E-state index < -0.39 is 0 Å². The molecule has 0 aliphatic rings. The quantitative estimate of drug-likeness (QED) is 0.806. The molecule has 2 aromatic rings. The van der Waals surface area contributed by atoms with Crippen LogP contribution in [0.25, 0.3) is 0 Å². The maximum Gasteiger partial charge on any atom is 0.119 e. The normalized spacial score (nSPS) is 10.4. The van der Waals surface area contributed by atoms with Gasteiger partial charge in [0.25, 0.3) is 0 Å². The van der Waals surface area contributed by atoms with Crippen molar-refractivity contribution in [2.45, 2.75) is 13.5 Å². The van der Waals surface area contributed by atoms with Crippen LogP contribution in [0.3, 0.4) is 0 Å². The number of thiophene rings is 1. The third kappa shape index (κ3) is 3.64. The van der Waals surface area contributed by atoms with Crippen LogP contribution in [0, 0.1) is 0 Å². The number of rotatable bonds is 5. The van der Waals surface area contributed by atoms with Crippen LogP contribution in [0.2, 0.25) is 4.34 Å². The number of anilines is 1. The fourth-order valence-electron chi connectivity index (χ4n) is 1.50. The highest BCUT2D eigenvalue weighted by molar-refractivity contribution is 9.10. The summed E-state index contributed by atoms with van der Waals surface area (Å²) in [6.45, 7) is 3.43. The minimum Gasteiger partial charge on any atom is -0.494 e. The number of halogens is 2. The number of ether oxygens (including phenoxy) is 1. The van der Waals surface area contributed by atoms with E-state index in [1.807, 2.05) is 37.3 Å². The van der Waals surface area contributed by atoms with E-state index in [0.717, 1.165) is 26.8 Å². The van der Waals surface area contributed by atoms with Gasteiger partial charge < -0.3 is 10.1 Å². The van der Waals surface area contributed by atoms with Crippen molar-refractivity contribution in [3.8, 4) is 5.75 Å². The van der Waals surface area contributed by atoms with Gasteiger partial charge in [-0.2, -0.15) is 0 Å². The highest BCUT2D eigenvalue weighted by Gasteiger charge is 2.04. The van der Waals surface area contributed by atoms with Gasteiger partial charge in [0.05, 0.1) is 6.61 Å². The molecule has 0 radical (unpaired) electrons. The van der Waals surface area contributed by atoms with Crippen molar-refractivity contribution >= 4 is 44.6 Å². The van der Waals surface area contributed by atoms with Crippen LogP contribution in [0.4, 0.5) is 5.69 Å². The molecule has 0 aliphatic heterocycles. The molecule has 0 aliphatic carbocycles. The molecule has 1 aromatic carbocycles. The Kier molecular flexibility index (Phi) is 4.92. The van der Waals surface area contributed by atoms with E-state index in [4.69, 9.17) is 16.3 Å². The van der Waals surface area contributed by atoms with Crippen molar-refractivity contribution in [3.05, 3.63) is 44.0 Å². The summed E-state index contributed by atoms with van der Waals surface area (Å²) in [5.74, 6) is 0.893. The number of hydrogen-bond acceptors (Lipinski definition) is 3. The van der Waals surface area contributed by atoms with Gasteiger partial charge in [0.2, 0.25) is 0 Å². The van der Waals surface area contributed by atoms with Crippen LogP contribution in [0.5, 0.6) is 5.75 Å². The second-order valence-corrected chi connectivity index (χ2v) is 6.24. The zero-order valence-corrected chi connectivity index (χ0v) is 13.0. The molecule has 0 saturated carbocycles. The highest BCUT2D eigenvalue weighted by Crippen LogP contribution is 2.32. The molecule has 1 N–H and O–H groups in total. The van der Waals surface area contributed by atoms with Crippen LogP contribution < -0.4 is 10.1 Å². The van der Waals surface area contributed by atoms with E-state index >= 15 is 0 Å². The first kappa shape index (κ1) is 13.7. The van der Waals surface area contributed by atoms with Crippen LogP contribution >= 0.6 is 38.9 Å². The number of benzene rings is 1. The first-order valence-electron chi connectivity index (χ1n) is 5.59. The van der Waals surface area contributed by atoms with E-state index in [1.54, 1.807) is 11.3 Å². The monoisotopic (exact) mass is 345 g/mol. The molecule has 2 nitrogen and oxygen atoms in total. The van der Waals surface area contributed by atoms with Gasteiger partial charge >= 0.3 is 0 Å². The summed E-state index contributed by atoms with van der Waals surface area (Å²) >= 11 is 11.0. The smallest absolute Gasteiger partial charge is 0.119 e. The molecule has 5 heteroatoms. The van der Waals surface area contributed by atoms with Gasteiger partial charge in [-0.05, 0) is 53.2 Å². The number of hydrogen-bond donors (Lipinski definition) is 1. The SMILES string of the molecule is CCOc1ccc(NCc2cc(Br)c(Cl)s2)cc1. The van der Waals surface area contributed by atoms with Gasteiger partial charge in [0.1, 0.15) is 10.1 Å². The standard InChI is InChI=1S/C13H13BrClNOS/c1-2-17-10-5-3-9(4-6-10)16-8-11-7-12(14)13(15)18-11/h3-7,16H,2,8H2,1H3. The van der Waals surface area contributed by atoms with Gasteiger partial charge in [0.15, 0.2) is 0 Å². The summed E-state index contributed by atoms with van der Waals surface area (Å²) in [4.78, 5) is 1.20. The van der Waals surface area contributed by atoms with Gasteiger partial charge in [-0.3, -0.25) is 0 Å². The second-order valence-electron chi connectivity index (χ2n) is 3.65. The Labute approximate surface area is 124 Å². The average molecular weight is 347 g/mol. The Balaban J connectivity index is 1.93. The van der Waals surface area contributed by atoms with Crippen LogP contribution in [-0.4, -0.2) is 6.61 Å². The molecule has 2 rings (SSSR count). The lowest BCUT2D eigenvalue weighted by Gasteiger charge is -2.06. The molecule has 0 saturated heterocycles. The molecule has 96 valence electrons. The van der Waals surface area contributed by atoms with Crippen LogP contribution in [0.15, 0.2) is 34.8 Å². The van der Waals surface area contributed by atoms with Crippen molar-refractivity contribution in [3.63, 3.8) is 0 Å². The first-order valence-corrected chi connectivity index (χ1v) is 7.58. The second kappa shape index (κ2) is 6.45. The Morgan fingerprint density at radius 1 is 1.33 bits per heavy atom. The fraction of sp³-hybridized carbons (Fsp3) is 0.231. The summed E-state index contributed by atoms with van der Waals surface area (Å²) < 4.78 is 7.14.